The molecule has 1 aliphatic heterocycles. The monoisotopic (exact) mass is 312 g/mol. The molecule has 0 aliphatic carbocycles. The summed E-state index contributed by atoms with van der Waals surface area (Å²) in [5, 5.41) is 3.67. The van der Waals surface area contributed by atoms with Crippen LogP contribution in [0.1, 0.15) is 23.7 Å². The summed E-state index contributed by atoms with van der Waals surface area (Å²) >= 11 is 6.22. The van der Waals surface area contributed by atoms with E-state index in [1.54, 1.807) is 12.1 Å². The molecule has 0 radical (unpaired) electrons. The van der Waals surface area contributed by atoms with Gasteiger partial charge < -0.3 is 19.7 Å². The Kier molecular flexibility index (Phi) is 5.70. The summed E-state index contributed by atoms with van der Waals surface area (Å²) in [7, 11) is 1.54. The van der Waals surface area contributed by atoms with E-state index >= 15 is 0 Å². The molecule has 1 heterocycles. The molecule has 0 atom stereocenters. The number of hydrogen-bond acceptors (Lipinski definition) is 4. The van der Waals surface area contributed by atoms with Gasteiger partial charge in [0.25, 0.3) is 5.91 Å². The predicted octanol–water partition coefficient (Wildman–Crippen LogP) is 2.18. The Bertz CT molecular complexity index is 500. The van der Waals surface area contributed by atoms with E-state index in [1.807, 2.05) is 11.8 Å². The number of hydrogen-bond donors (Lipinski definition) is 1. The maximum absolute atomic E-state index is 12.6. The maximum atomic E-state index is 12.6. The third-order valence-electron chi connectivity index (χ3n) is 3.39. The number of benzene rings is 1. The Labute approximate surface area is 130 Å². The summed E-state index contributed by atoms with van der Waals surface area (Å²) < 4.78 is 10.8. The number of amides is 1. The van der Waals surface area contributed by atoms with Gasteiger partial charge in [-0.2, -0.15) is 0 Å². The van der Waals surface area contributed by atoms with Crippen LogP contribution in [0.25, 0.3) is 0 Å². The lowest BCUT2D eigenvalue weighted by atomic mass is 10.1. The third-order valence-corrected chi connectivity index (χ3v) is 3.67. The molecule has 1 fully saturated rings. The molecule has 1 N–H and O–H groups in total. The van der Waals surface area contributed by atoms with Crippen LogP contribution in [0.4, 0.5) is 0 Å². The molecule has 0 aromatic heterocycles. The van der Waals surface area contributed by atoms with Crippen LogP contribution in [-0.2, 0) is 0 Å². The second kappa shape index (κ2) is 7.52. The fourth-order valence-corrected chi connectivity index (χ4v) is 2.62. The van der Waals surface area contributed by atoms with Gasteiger partial charge in [-0.1, -0.05) is 11.6 Å². The van der Waals surface area contributed by atoms with Crippen LogP contribution in [0.15, 0.2) is 12.1 Å². The molecular formula is C15H21ClN2O3. The lowest BCUT2D eigenvalue weighted by Crippen LogP contribution is -2.34. The number of methoxy groups -OCH3 is 1. The smallest absolute Gasteiger partial charge is 0.254 e. The molecule has 21 heavy (non-hydrogen) atoms. The first kappa shape index (κ1) is 15.9. The highest BCUT2D eigenvalue weighted by Gasteiger charge is 2.20. The van der Waals surface area contributed by atoms with Gasteiger partial charge in [-0.3, -0.25) is 4.79 Å². The number of carbonyl (C=O) groups is 1. The molecular weight excluding hydrogens is 292 g/mol. The molecule has 6 heteroatoms. The molecule has 0 unspecified atom stereocenters. The van der Waals surface area contributed by atoms with E-state index in [2.05, 4.69) is 5.32 Å². The summed E-state index contributed by atoms with van der Waals surface area (Å²) in [4.78, 5) is 14.4. The number of nitrogens with one attached hydrogen (secondary N) is 1. The standard InChI is InChI=1S/C15H21ClN2O3/c1-3-21-14-12(16)9-11(10-13(14)20-2)15(19)18-7-4-5-17-6-8-18/h9-10,17H,3-8H2,1-2H3. The van der Waals surface area contributed by atoms with E-state index in [0.29, 0.717) is 35.2 Å². The van der Waals surface area contributed by atoms with Crippen molar-refractivity contribution in [3.05, 3.63) is 22.7 Å². The zero-order valence-corrected chi connectivity index (χ0v) is 13.2. The highest BCUT2D eigenvalue weighted by Crippen LogP contribution is 2.36. The Morgan fingerprint density at radius 3 is 2.90 bits per heavy atom. The van der Waals surface area contributed by atoms with Crippen LogP contribution in [0.5, 0.6) is 11.5 Å². The van der Waals surface area contributed by atoms with Gasteiger partial charge in [0.2, 0.25) is 0 Å². The molecule has 1 saturated heterocycles. The first-order chi connectivity index (χ1) is 10.2. The summed E-state index contributed by atoms with van der Waals surface area (Å²) in [6.45, 7) is 5.57. The van der Waals surface area contributed by atoms with Crippen LogP contribution in [-0.4, -0.2) is 50.7 Å². The highest BCUT2D eigenvalue weighted by atomic mass is 35.5. The minimum atomic E-state index is -0.0260. The molecule has 0 spiro atoms. The normalized spacial score (nSPS) is 15.5. The average Bonchev–Trinajstić information content (AvgIpc) is 2.77. The molecule has 5 nitrogen and oxygen atoms in total. The van der Waals surface area contributed by atoms with E-state index in [1.165, 1.54) is 7.11 Å². The summed E-state index contributed by atoms with van der Waals surface area (Å²) in [5.74, 6) is 0.943. The van der Waals surface area contributed by atoms with Gasteiger partial charge in [-0.15, -0.1) is 0 Å². The van der Waals surface area contributed by atoms with Crippen LogP contribution < -0.4 is 14.8 Å². The zero-order chi connectivity index (χ0) is 15.2. The van der Waals surface area contributed by atoms with E-state index in [0.717, 1.165) is 26.1 Å². The van der Waals surface area contributed by atoms with Crippen molar-refractivity contribution in [3.63, 3.8) is 0 Å². The van der Waals surface area contributed by atoms with Crippen molar-refractivity contribution in [2.45, 2.75) is 13.3 Å². The van der Waals surface area contributed by atoms with Crippen molar-refractivity contribution in [2.24, 2.45) is 0 Å². The summed E-state index contributed by atoms with van der Waals surface area (Å²) in [6, 6.07) is 3.34. The van der Waals surface area contributed by atoms with E-state index in [-0.39, 0.29) is 5.91 Å². The van der Waals surface area contributed by atoms with E-state index in [4.69, 9.17) is 21.1 Å². The fourth-order valence-electron chi connectivity index (χ4n) is 2.36. The van der Waals surface area contributed by atoms with E-state index in [9.17, 15) is 4.79 Å². The second-order valence-electron chi connectivity index (χ2n) is 4.82. The van der Waals surface area contributed by atoms with E-state index < -0.39 is 0 Å². The lowest BCUT2D eigenvalue weighted by Gasteiger charge is -2.21. The van der Waals surface area contributed by atoms with Gasteiger partial charge in [0.05, 0.1) is 18.7 Å². The molecule has 1 aliphatic rings. The van der Waals surface area contributed by atoms with Gasteiger partial charge in [0.15, 0.2) is 11.5 Å². The largest absolute Gasteiger partial charge is 0.493 e. The van der Waals surface area contributed by atoms with Crippen LogP contribution >= 0.6 is 11.6 Å². The maximum Gasteiger partial charge on any atom is 0.254 e. The number of ether oxygens (including phenoxy) is 2. The molecule has 0 bridgehead atoms. The van der Waals surface area contributed by atoms with Crippen molar-refractivity contribution < 1.29 is 14.3 Å². The van der Waals surface area contributed by atoms with Crippen molar-refractivity contribution in [1.29, 1.82) is 0 Å². The van der Waals surface area contributed by atoms with Gasteiger partial charge in [0, 0.05) is 25.2 Å². The number of nitrogens with zero attached hydrogens (tertiary/aromatic N) is 1. The minimum absolute atomic E-state index is 0.0260. The number of rotatable bonds is 4. The van der Waals surface area contributed by atoms with Crippen molar-refractivity contribution >= 4 is 17.5 Å². The number of carbonyl (C=O) groups excluding carboxylic acids is 1. The number of halogens is 1. The Morgan fingerprint density at radius 2 is 2.19 bits per heavy atom. The van der Waals surface area contributed by atoms with Crippen LogP contribution in [0.3, 0.4) is 0 Å². The van der Waals surface area contributed by atoms with Crippen LogP contribution in [0, 0.1) is 0 Å². The molecule has 2 rings (SSSR count). The SMILES string of the molecule is CCOc1c(Cl)cc(C(=O)N2CCCNCC2)cc1OC. The Balaban J connectivity index is 2.26. The highest BCUT2D eigenvalue weighted by molar-refractivity contribution is 6.32. The Hall–Kier alpha value is -1.46. The predicted molar refractivity (Wildman–Crippen MR) is 82.6 cm³/mol. The first-order valence-electron chi connectivity index (χ1n) is 7.17. The average molecular weight is 313 g/mol. The van der Waals surface area contributed by atoms with Gasteiger partial charge >= 0.3 is 0 Å². The second-order valence-corrected chi connectivity index (χ2v) is 5.23. The minimum Gasteiger partial charge on any atom is -0.493 e. The van der Waals surface area contributed by atoms with Gasteiger partial charge in [-0.25, -0.2) is 0 Å². The molecule has 0 saturated carbocycles. The van der Waals surface area contributed by atoms with Crippen LogP contribution in [0.2, 0.25) is 5.02 Å². The zero-order valence-electron chi connectivity index (χ0n) is 12.4. The summed E-state index contributed by atoms with van der Waals surface area (Å²) in [5.41, 5.74) is 0.530. The molecule has 116 valence electrons. The third kappa shape index (κ3) is 3.80. The summed E-state index contributed by atoms with van der Waals surface area (Å²) in [6.07, 6.45) is 0.952. The molecule has 1 aromatic carbocycles. The van der Waals surface area contributed by atoms with Crippen molar-refractivity contribution in [3.8, 4) is 11.5 Å². The topological polar surface area (TPSA) is 50.8 Å². The first-order valence-corrected chi connectivity index (χ1v) is 7.55. The van der Waals surface area contributed by atoms with Crippen molar-refractivity contribution in [1.82, 2.24) is 10.2 Å². The fraction of sp³-hybridized carbons (Fsp3) is 0.533. The molecule has 1 aromatic rings. The van der Waals surface area contributed by atoms with Crippen molar-refractivity contribution in [2.75, 3.05) is 39.9 Å². The quantitative estimate of drug-likeness (QED) is 0.926. The molecule has 1 amide bonds. The van der Waals surface area contributed by atoms with Gasteiger partial charge in [-0.05, 0) is 32.0 Å². The Morgan fingerprint density at radius 1 is 1.38 bits per heavy atom. The lowest BCUT2D eigenvalue weighted by molar-refractivity contribution is 0.0766. The van der Waals surface area contributed by atoms with Gasteiger partial charge in [0.1, 0.15) is 0 Å².